The maximum atomic E-state index is 11.9. The zero-order valence-electron chi connectivity index (χ0n) is 11.6. The number of carbonyl (C=O) groups is 1. The van der Waals surface area contributed by atoms with Gasteiger partial charge in [0.25, 0.3) is 0 Å². The van der Waals surface area contributed by atoms with Gasteiger partial charge in [-0.2, -0.15) is 0 Å². The Morgan fingerprint density at radius 2 is 1.94 bits per heavy atom. The topological polar surface area (TPSA) is 44.4 Å². The summed E-state index contributed by atoms with van der Waals surface area (Å²) in [7, 11) is 0. The number of amides is 1. The predicted molar refractivity (Wildman–Crippen MR) is 70.5 cm³/mol. The molecular weight excluding hydrogens is 214 g/mol. The maximum Gasteiger partial charge on any atom is 0.235 e. The molecule has 0 aromatic carbocycles. The van der Waals surface area contributed by atoms with E-state index < -0.39 is 0 Å². The van der Waals surface area contributed by atoms with Crippen LogP contribution in [0.1, 0.15) is 53.4 Å². The SMILES string of the molecule is CCNC(C)CC(=O)NN1C(C)CCCC1C. The molecule has 0 bridgehead atoms. The van der Waals surface area contributed by atoms with Crippen molar-refractivity contribution in [2.75, 3.05) is 6.54 Å². The first kappa shape index (κ1) is 14.5. The lowest BCUT2D eigenvalue weighted by molar-refractivity contribution is -0.129. The van der Waals surface area contributed by atoms with E-state index in [9.17, 15) is 4.79 Å². The summed E-state index contributed by atoms with van der Waals surface area (Å²) in [5.74, 6) is 0.124. The van der Waals surface area contributed by atoms with Gasteiger partial charge in [0.05, 0.1) is 0 Å². The molecule has 1 heterocycles. The normalized spacial score (nSPS) is 27.8. The second kappa shape index (κ2) is 6.97. The Hall–Kier alpha value is -0.610. The van der Waals surface area contributed by atoms with Gasteiger partial charge in [-0.15, -0.1) is 0 Å². The monoisotopic (exact) mass is 241 g/mol. The van der Waals surface area contributed by atoms with Crippen LogP contribution in [0.2, 0.25) is 0 Å². The summed E-state index contributed by atoms with van der Waals surface area (Å²) in [6.07, 6.45) is 4.16. The molecule has 1 amide bonds. The molecule has 0 saturated carbocycles. The standard InChI is InChI=1S/C13H27N3O/c1-5-14-10(2)9-13(17)15-16-11(3)7-6-8-12(16)4/h10-12,14H,5-9H2,1-4H3,(H,15,17). The van der Waals surface area contributed by atoms with Crippen LogP contribution in [-0.2, 0) is 4.79 Å². The van der Waals surface area contributed by atoms with E-state index >= 15 is 0 Å². The van der Waals surface area contributed by atoms with Gasteiger partial charge in [-0.1, -0.05) is 13.3 Å². The van der Waals surface area contributed by atoms with Gasteiger partial charge in [-0.25, -0.2) is 5.01 Å². The van der Waals surface area contributed by atoms with E-state index in [4.69, 9.17) is 0 Å². The van der Waals surface area contributed by atoms with Crippen molar-refractivity contribution in [2.45, 2.75) is 71.5 Å². The van der Waals surface area contributed by atoms with Crippen LogP contribution in [0, 0.1) is 0 Å². The molecule has 3 atom stereocenters. The maximum absolute atomic E-state index is 11.9. The third kappa shape index (κ3) is 4.64. The number of nitrogens with zero attached hydrogens (tertiary/aromatic N) is 1. The van der Waals surface area contributed by atoms with Crippen LogP contribution in [0.15, 0.2) is 0 Å². The minimum Gasteiger partial charge on any atom is -0.314 e. The number of piperidine rings is 1. The van der Waals surface area contributed by atoms with E-state index in [2.05, 4.69) is 36.5 Å². The van der Waals surface area contributed by atoms with Crippen LogP contribution in [0.4, 0.5) is 0 Å². The molecule has 4 nitrogen and oxygen atoms in total. The summed E-state index contributed by atoms with van der Waals surface area (Å²) in [6, 6.07) is 1.16. The van der Waals surface area contributed by atoms with E-state index in [0.29, 0.717) is 18.5 Å². The third-order valence-electron chi connectivity index (χ3n) is 3.49. The lowest BCUT2D eigenvalue weighted by atomic mass is 10.00. The highest BCUT2D eigenvalue weighted by atomic mass is 16.2. The largest absolute Gasteiger partial charge is 0.314 e. The number of hydrogen-bond acceptors (Lipinski definition) is 3. The third-order valence-corrected chi connectivity index (χ3v) is 3.49. The quantitative estimate of drug-likeness (QED) is 0.769. The molecule has 0 spiro atoms. The zero-order chi connectivity index (χ0) is 12.8. The lowest BCUT2D eigenvalue weighted by Crippen LogP contribution is -2.54. The van der Waals surface area contributed by atoms with Crippen LogP contribution in [0.5, 0.6) is 0 Å². The van der Waals surface area contributed by atoms with E-state index in [1.165, 1.54) is 19.3 Å². The fourth-order valence-electron chi connectivity index (χ4n) is 2.53. The average molecular weight is 241 g/mol. The summed E-state index contributed by atoms with van der Waals surface area (Å²) < 4.78 is 0. The Bertz CT molecular complexity index is 235. The molecule has 100 valence electrons. The van der Waals surface area contributed by atoms with Crippen LogP contribution < -0.4 is 10.7 Å². The highest BCUT2D eigenvalue weighted by Gasteiger charge is 2.26. The summed E-state index contributed by atoms with van der Waals surface area (Å²) in [6.45, 7) is 9.38. The van der Waals surface area contributed by atoms with Crippen LogP contribution in [-0.4, -0.2) is 35.6 Å². The van der Waals surface area contributed by atoms with Gasteiger partial charge in [0, 0.05) is 24.5 Å². The zero-order valence-corrected chi connectivity index (χ0v) is 11.6. The average Bonchev–Trinajstić information content (AvgIpc) is 2.24. The molecule has 1 fully saturated rings. The van der Waals surface area contributed by atoms with Gasteiger partial charge < -0.3 is 5.32 Å². The second-order valence-corrected chi connectivity index (χ2v) is 5.23. The van der Waals surface area contributed by atoms with E-state index in [0.717, 1.165) is 6.54 Å². The minimum atomic E-state index is 0.124. The summed E-state index contributed by atoms with van der Waals surface area (Å²) in [5.41, 5.74) is 3.06. The fourth-order valence-corrected chi connectivity index (χ4v) is 2.53. The lowest BCUT2D eigenvalue weighted by Gasteiger charge is -2.38. The number of hydrazine groups is 1. The van der Waals surface area contributed by atoms with Crippen LogP contribution >= 0.6 is 0 Å². The molecule has 17 heavy (non-hydrogen) atoms. The first-order chi connectivity index (χ1) is 8.04. The van der Waals surface area contributed by atoms with Gasteiger partial charge in [0.15, 0.2) is 0 Å². The molecular formula is C13H27N3O. The summed E-state index contributed by atoms with van der Waals surface area (Å²) >= 11 is 0. The molecule has 4 heteroatoms. The van der Waals surface area contributed by atoms with Crippen molar-refractivity contribution in [2.24, 2.45) is 0 Å². The number of carbonyl (C=O) groups excluding carboxylic acids is 1. The van der Waals surface area contributed by atoms with Crippen molar-refractivity contribution in [3.8, 4) is 0 Å². The van der Waals surface area contributed by atoms with E-state index in [-0.39, 0.29) is 11.9 Å². The van der Waals surface area contributed by atoms with Crippen molar-refractivity contribution < 1.29 is 4.79 Å². The highest BCUT2D eigenvalue weighted by Crippen LogP contribution is 2.20. The van der Waals surface area contributed by atoms with Gasteiger partial charge in [-0.05, 0) is 40.2 Å². The van der Waals surface area contributed by atoms with Crippen molar-refractivity contribution in [1.82, 2.24) is 15.8 Å². The van der Waals surface area contributed by atoms with Crippen molar-refractivity contribution in [1.29, 1.82) is 0 Å². The van der Waals surface area contributed by atoms with Crippen molar-refractivity contribution in [3.05, 3.63) is 0 Å². The smallest absolute Gasteiger partial charge is 0.235 e. The van der Waals surface area contributed by atoms with Gasteiger partial charge in [0.1, 0.15) is 0 Å². The molecule has 0 radical (unpaired) electrons. The molecule has 3 unspecified atom stereocenters. The summed E-state index contributed by atoms with van der Waals surface area (Å²) in [5, 5.41) is 5.39. The molecule has 1 aliphatic rings. The fraction of sp³-hybridized carbons (Fsp3) is 0.923. The van der Waals surface area contributed by atoms with Crippen molar-refractivity contribution >= 4 is 5.91 Å². The van der Waals surface area contributed by atoms with Crippen molar-refractivity contribution in [3.63, 3.8) is 0 Å². The van der Waals surface area contributed by atoms with E-state index in [1.54, 1.807) is 0 Å². The van der Waals surface area contributed by atoms with E-state index in [1.807, 2.05) is 6.92 Å². The number of rotatable bonds is 5. The Morgan fingerprint density at radius 1 is 1.35 bits per heavy atom. The van der Waals surface area contributed by atoms with Gasteiger partial charge in [0.2, 0.25) is 5.91 Å². The highest BCUT2D eigenvalue weighted by molar-refractivity contribution is 5.76. The molecule has 0 aromatic rings. The molecule has 1 rings (SSSR count). The molecule has 0 aromatic heterocycles. The molecule has 1 saturated heterocycles. The number of hydrogen-bond donors (Lipinski definition) is 2. The molecule has 0 aliphatic carbocycles. The molecule has 1 aliphatic heterocycles. The number of nitrogens with one attached hydrogen (secondary N) is 2. The minimum absolute atomic E-state index is 0.124. The Kier molecular flexibility index (Phi) is 5.92. The Morgan fingerprint density at radius 3 is 2.47 bits per heavy atom. The second-order valence-electron chi connectivity index (χ2n) is 5.23. The van der Waals surface area contributed by atoms with Gasteiger partial charge >= 0.3 is 0 Å². The van der Waals surface area contributed by atoms with Gasteiger partial charge in [-0.3, -0.25) is 10.2 Å². The van der Waals surface area contributed by atoms with Crippen LogP contribution in [0.25, 0.3) is 0 Å². The summed E-state index contributed by atoms with van der Waals surface area (Å²) in [4.78, 5) is 11.9. The molecule has 2 N–H and O–H groups in total. The van der Waals surface area contributed by atoms with Crippen LogP contribution in [0.3, 0.4) is 0 Å². The first-order valence-corrected chi connectivity index (χ1v) is 6.85. The first-order valence-electron chi connectivity index (χ1n) is 6.85. The predicted octanol–water partition coefficient (Wildman–Crippen LogP) is 1.67. The Balaban J connectivity index is 2.38. The Labute approximate surface area is 105 Å².